The monoisotopic (exact) mass is 170 g/mol. The third kappa shape index (κ3) is 1.82. The van der Waals surface area contributed by atoms with Crippen LogP contribution in [0.3, 0.4) is 0 Å². The summed E-state index contributed by atoms with van der Waals surface area (Å²) in [6, 6.07) is 0. The molecule has 0 aliphatic carbocycles. The Morgan fingerprint density at radius 1 is 1.42 bits per heavy atom. The van der Waals surface area contributed by atoms with Crippen molar-refractivity contribution in [2.45, 2.75) is 39.2 Å². The second-order valence-corrected chi connectivity index (χ2v) is 3.67. The second kappa shape index (κ2) is 2.86. The summed E-state index contributed by atoms with van der Waals surface area (Å²) in [5, 5.41) is 13.2. The molecule has 0 aliphatic rings. The van der Waals surface area contributed by atoms with Crippen LogP contribution in [0, 0.1) is 0 Å². The molecule has 0 aromatic carbocycles. The van der Waals surface area contributed by atoms with Crippen molar-refractivity contribution in [1.82, 2.24) is 10.1 Å². The first-order chi connectivity index (χ1) is 5.41. The molecule has 4 nitrogen and oxygen atoms in total. The Morgan fingerprint density at radius 2 is 2.00 bits per heavy atom. The second-order valence-electron chi connectivity index (χ2n) is 3.67. The Hall–Kier alpha value is -0.900. The molecular formula is C8H14N2O2. The van der Waals surface area contributed by atoms with E-state index in [1.54, 1.807) is 13.8 Å². The minimum atomic E-state index is -1.04. The van der Waals surface area contributed by atoms with Gasteiger partial charge >= 0.3 is 0 Å². The standard InChI is InChI=1S/C8H14N2O2/c1-5(2)6-9-7(12-10-6)8(3,4)11/h5,11H,1-4H3. The molecule has 0 radical (unpaired) electrons. The number of hydrogen-bond acceptors (Lipinski definition) is 4. The Balaban J connectivity index is 2.92. The van der Waals surface area contributed by atoms with E-state index in [0.29, 0.717) is 5.82 Å². The van der Waals surface area contributed by atoms with Crippen LogP contribution in [0.5, 0.6) is 0 Å². The summed E-state index contributed by atoms with van der Waals surface area (Å²) in [4.78, 5) is 4.05. The lowest BCUT2D eigenvalue weighted by Crippen LogP contribution is -2.15. The lowest BCUT2D eigenvalue weighted by atomic mass is 10.1. The summed E-state index contributed by atoms with van der Waals surface area (Å²) in [6.45, 7) is 7.17. The fourth-order valence-electron chi connectivity index (χ4n) is 0.718. The zero-order valence-electron chi connectivity index (χ0n) is 7.83. The molecule has 1 rings (SSSR count). The Labute approximate surface area is 71.6 Å². The van der Waals surface area contributed by atoms with Crippen molar-refractivity contribution in [3.05, 3.63) is 11.7 Å². The van der Waals surface area contributed by atoms with Crippen molar-refractivity contribution < 1.29 is 9.63 Å². The van der Waals surface area contributed by atoms with Crippen LogP contribution in [0.25, 0.3) is 0 Å². The highest BCUT2D eigenvalue weighted by molar-refractivity contribution is 4.97. The molecule has 0 spiro atoms. The topological polar surface area (TPSA) is 59.2 Å². The van der Waals surface area contributed by atoms with Gasteiger partial charge in [-0.15, -0.1) is 0 Å². The number of rotatable bonds is 2. The highest BCUT2D eigenvalue weighted by Gasteiger charge is 2.24. The van der Waals surface area contributed by atoms with Crippen LogP contribution < -0.4 is 0 Å². The lowest BCUT2D eigenvalue weighted by Gasteiger charge is -2.09. The summed E-state index contributed by atoms with van der Waals surface area (Å²) in [6.07, 6.45) is 0. The van der Waals surface area contributed by atoms with E-state index in [9.17, 15) is 5.11 Å². The van der Waals surface area contributed by atoms with Crippen molar-refractivity contribution in [3.8, 4) is 0 Å². The fourth-order valence-corrected chi connectivity index (χ4v) is 0.718. The fraction of sp³-hybridized carbons (Fsp3) is 0.750. The van der Waals surface area contributed by atoms with Crippen LogP contribution in [0.4, 0.5) is 0 Å². The number of nitrogens with zero attached hydrogens (tertiary/aromatic N) is 2. The lowest BCUT2D eigenvalue weighted by molar-refractivity contribution is 0.0420. The van der Waals surface area contributed by atoms with Gasteiger partial charge in [0.25, 0.3) is 5.89 Å². The molecule has 0 unspecified atom stereocenters. The van der Waals surface area contributed by atoms with Gasteiger partial charge in [-0.2, -0.15) is 4.98 Å². The van der Waals surface area contributed by atoms with Gasteiger partial charge in [-0.1, -0.05) is 19.0 Å². The normalized spacial score (nSPS) is 12.5. The zero-order chi connectivity index (χ0) is 9.35. The summed E-state index contributed by atoms with van der Waals surface area (Å²) >= 11 is 0. The van der Waals surface area contributed by atoms with Crippen molar-refractivity contribution in [3.63, 3.8) is 0 Å². The SMILES string of the molecule is CC(C)c1noc(C(C)(C)O)n1. The van der Waals surface area contributed by atoms with Crippen LogP contribution in [-0.4, -0.2) is 15.2 Å². The number of hydrogen-bond donors (Lipinski definition) is 1. The van der Waals surface area contributed by atoms with Gasteiger partial charge in [-0.3, -0.25) is 0 Å². The molecule has 0 fully saturated rings. The van der Waals surface area contributed by atoms with Crippen LogP contribution in [-0.2, 0) is 5.60 Å². The van der Waals surface area contributed by atoms with Gasteiger partial charge in [0.2, 0.25) is 0 Å². The molecule has 0 atom stereocenters. The third-order valence-electron chi connectivity index (χ3n) is 1.48. The van der Waals surface area contributed by atoms with E-state index in [-0.39, 0.29) is 11.8 Å². The van der Waals surface area contributed by atoms with Gasteiger partial charge in [0, 0.05) is 5.92 Å². The van der Waals surface area contributed by atoms with Crippen molar-refractivity contribution >= 4 is 0 Å². The molecule has 0 amide bonds. The van der Waals surface area contributed by atoms with Gasteiger partial charge in [0.15, 0.2) is 5.82 Å². The predicted molar refractivity (Wildman–Crippen MR) is 43.6 cm³/mol. The summed E-state index contributed by atoms with van der Waals surface area (Å²) in [7, 11) is 0. The number of aliphatic hydroxyl groups is 1. The minimum absolute atomic E-state index is 0.227. The van der Waals surface area contributed by atoms with Crippen LogP contribution >= 0.6 is 0 Å². The maximum Gasteiger partial charge on any atom is 0.258 e. The van der Waals surface area contributed by atoms with E-state index in [2.05, 4.69) is 10.1 Å². The largest absolute Gasteiger partial charge is 0.381 e. The molecule has 0 bridgehead atoms. The summed E-state index contributed by atoms with van der Waals surface area (Å²) < 4.78 is 4.88. The quantitative estimate of drug-likeness (QED) is 0.729. The molecule has 0 saturated carbocycles. The van der Waals surface area contributed by atoms with E-state index in [1.165, 1.54) is 0 Å². The van der Waals surface area contributed by atoms with Crippen molar-refractivity contribution in [1.29, 1.82) is 0 Å². The van der Waals surface area contributed by atoms with Gasteiger partial charge in [-0.25, -0.2) is 0 Å². The van der Waals surface area contributed by atoms with E-state index < -0.39 is 5.60 Å². The van der Waals surface area contributed by atoms with E-state index in [0.717, 1.165) is 0 Å². The molecule has 1 N–H and O–H groups in total. The molecule has 68 valence electrons. The van der Waals surface area contributed by atoms with Gasteiger partial charge in [0.1, 0.15) is 5.60 Å². The van der Waals surface area contributed by atoms with Crippen LogP contribution in [0.15, 0.2) is 4.52 Å². The predicted octanol–water partition coefficient (Wildman–Crippen LogP) is 1.42. The maximum atomic E-state index is 9.49. The first kappa shape index (κ1) is 9.19. The first-order valence-electron chi connectivity index (χ1n) is 3.97. The van der Waals surface area contributed by atoms with Crippen LogP contribution in [0.1, 0.15) is 45.3 Å². The molecule has 12 heavy (non-hydrogen) atoms. The maximum absolute atomic E-state index is 9.49. The highest BCUT2D eigenvalue weighted by Crippen LogP contribution is 2.19. The Bertz CT molecular complexity index is 260. The molecule has 1 heterocycles. The molecular weight excluding hydrogens is 156 g/mol. The minimum Gasteiger partial charge on any atom is -0.381 e. The van der Waals surface area contributed by atoms with Gasteiger partial charge in [-0.05, 0) is 13.8 Å². The van der Waals surface area contributed by atoms with Crippen molar-refractivity contribution in [2.75, 3.05) is 0 Å². The van der Waals surface area contributed by atoms with Crippen molar-refractivity contribution in [2.24, 2.45) is 0 Å². The molecule has 0 saturated heterocycles. The summed E-state index contributed by atoms with van der Waals surface area (Å²) in [5.74, 6) is 1.13. The smallest absolute Gasteiger partial charge is 0.258 e. The average molecular weight is 170 g/mol. The van der Waals surface area contributed by atoms with E-state index in [4.69, 9.17) is 4.52 Å². The zero-order valence-corrected chi connectivity index (χ0v) is 7.83. The van der Waals surface area contributed by atoms with Gasteiger partial charge in [0.05, 0.1) is 0 Å². The Morgan fingerprint density at radius 3 is 2.25 bits per heavy atom. The molecule has 1 aromatic heterocycles. The molecule has 4 heteroatoms. The summed E-state index contributed by atoms with van der Waals surface area (Å²) in [5.41, 5.74) is -1.04. The van der Waals surface area contributed by atoms with E-state index in [1.807, 2.05) is 13.8 Å². The van der Waals surface area contributed by atoms with Crippen LogP contribution in [0.2, 0.25) is 0 Å². The first-order valence-corrected chi connectivity index (χ1v) is 3.97. The van der Waals surface area contributed by atoms with E-state index >= 15 is 0 Å². The third-order valence-corrected chi connectivity index (χ3v) is 1.48. The average Bonchev–Trinajstić information content (AvgIpc) is 2.30. The Kier molecular flexibility index (Phi) is 2.19. The molecule has 0 aliphatic heterocycles. The molecule has 1 aromatic rings. The number of aromatic nitrogens is 2. The highest BCUT2D eigenvalue weighted by atomic mass is 16.5. The van der Waals surface area contributed by atoms with Gasteiger partial charge < -0.3 is 9.63 Å².